The van der Waals surface area contributed by atoms with E-state index < -0.39 is 0 Å². The van der Waals surface area contributed by atoms with Crippen molar-refractivity contribution in [3.63, 3.8) is 0 Å². The van der Waals surface area contributed by atoms with Crippen LogP contribution in [0.15, 0.2) is 53.7 Å². The van der Waals surface area contributed by atoms with Gasteiger partial charge in [-0.2, -0.15) is 4.73 Å². The first-order valence-corrected chi connectivity index (χ1v) is 8.11. The Morgan fingerprint density at radius 2 is 1.82 bits per heavy atom. The zero-order valence-corrected chi connectivity index (χ0v) is 13.8. The summed E-state index contributed by atoms with van der Waals surface area (Å²) >= 11 is 1.24. The second-order valence-corrected chi connectivity index (χ2v) is 6.75. The van der Waals surface area contributed by atoms with Gasteiger partial charge in [0.15, 0.2) is 6.20 Å². The predicted molar refractivity (Wildman–Crippen MR) is 89.9 cm³/mol. The lowest BCUT2D eigenvalue weighted by molar-refractivity contribution is -0.645. The SMILES string of the molecule is CC(C)c1ccc(NC(=O)[C@@H](C)Sc2cccc[n+]2[O-])cc1. The van der Waals surface area contributed by atoms with Gasteiger partial charge in [-0.1, -0.05) is 26.0 Å². The average Bonchev–Trinajstić information content (AvgIpc) is 2.50. The molecule has 1 aromatic heterocycles. The molecule has 0 bridgehead atoms. The molecule has 5 heteroatoms. The minimum atomic E-state index is -0.354. The van der Waals surface area contributed by atoms with E-state index in [0.29, 0.717) is 10.9 Å². The summed E-state index contributed by atoms with van der Waals surface area (Å²) in [7, 11) is 0. The average molecular weight is 316 g/mol. The third-order valence-corrected chi connectivity index (χ3v) is 4.43. The van der Waals surface area contributed by atoms with Crippen molar-refractivity contribution in [3.05, 3.63) is 59.4 Å². The molecule has 0 aliphatic heterocycles. The first kappa shape index (κ1) is 16.4. The quantitative estimate of drug-likeness (QED) is 0.521. The molecule has 0 saturated carbocycles. The lowest BCUT2D eigenvalue weighted by atomic mass is 10.0. The van der Waals surface area contributed by atoms with E-state index in [1.54, 1.807) is 25.1 Å². The number of nitrogens with one attached hydrogen (secondary N) is 1. The largest absolute Gasteiger partial charge is 0.618 e. The highest BCUT2D eigenvalue weighted by atomic mass is 32.2. The Hall–Kier alpha value is -2.01. The molecule has 0 spiro atoms. The van der Waals surface area contributed by atoms with Crippen LogP contribution in [0, 0.1) is 5.21 Å². The highest BCUT2D eigenvalue weighted by Gasteiger charge is 2.18. The molecule has 4 nitrogen and oxygen atoms in total. The van der Waals surface area contributed by atoms with E-state index in [4.69, 9.17) is 0 Å². The van der Waals surface area contributed by atoms with E-state index in [9.17, 15) is 10.0 Å². The number of anilines is 1. The fraction of sp³-hybridized carbons (Fsp3) is 0.294. The van der Waals surface area contributed by atoms with Crippen LogP contribution in [-0.4, -0.2) is 11.2 Å². The maximum atomic E-state index is 12.2. The Kier molecular flexibility index (Phi) is 5.44. The number of carbonyl (C=O) groups is 1. The van der Waals surface area contributed by atoms with Gasteiger partial charge in [-0.25, -0.2) is 0 Å². The number of pyridine rings is 1. The molecule has 116 valence electrons. The molecule has 1 atom stereocenters. The number of hydrogen-bond donors (Lipinski definition) is 1. The van der Waals surface area contributed by atoms with Crippen molar-refractivity contribution in [1.29, 1.82) is 0 Å². The van der Waals surface area contributed by atoms with Crippen molar-refractivity contribution in [2.24, 2.45) is 0 Å². The van der Waals surface area contributed by atoms with Crippen molar-refractivity contribution in [1.82, 2.24) is 0 Å². The molecule has 0 radical (unpaired) electrons. The standard InChI is InChI=1S/C17H20N2O2S/c1-12(2)14-7-9-15(10-8-14)18-17(20)13(3)22-16-6-4-5-11-19(16)21/h4-13H,1-3H3,(H,18,20)/t13-/m1/s1. The molecule has 0 fully saturated rings. The van der Waals surface area contributed by atoms with Crippen LogP contribution in [-0.2, 0) is 4.79 Å². The summed E-state index contributed by atoms with van der Waals surface area (Å²) in [6.07, 6.45) is 1.43. The van der Waals surface area contributed by atoms with Crippen LogP contribution in [0.2, 0.25) is 0 Å². The first-order chi connectivity index (χ1) is 10.5. The number of rotatable bonds is 5. The zero-order chi connectivity index (χ0) is 16.1. The summed E-state index contributed by atoms with van der Waals surface area (Å²) in [5, 5.41) is 14.6. The molecule has 1 heterocycles. The predicted octanol–water partition coefficient (Wildman–Crippen LogP) is 3.56. The van der Waals surface area contributed by atoms with Crippen molar-refractivity contribution in [2.75, 3.05) is 5.32 Å². The van der Waals surface area contributed by atoms with E-state index in [0.717, 1.165) is 10.4 Å². The minimum Gasteiger partial charge on any atom is -0.618 e. The molecule has 1 amide bonds. The number of nitrogens with zero attached hydrogens (tertiary/aromatic N) is 1. The second-order valence-electron chi connectivity index (χ2n) is 5.39. The number of benzene rings is 1. The van der Waals surface area contributed by atoms with Gasteiger partial charge in [0.1, 0.15) is 0 Å². The lowest BCUT2D eigenvalue weighted by Gasteiger charge is -2.12. The molecule has 2 aromatic rings. The van der Waals surface area contributed by atoms with Crippen LogP contribution in [0.1, 0.15) is 32.3 Å². The van der Waals surface area contributed by atoms with Gasteiger partial charge in [0.2, 0.25) is 5.91 Å². The molecule has 0 aliphatic rings. The smallest absolute Gasteiger partial charge is 0.252 e. The summed E-state index contributed by atoms with van der Waals surface area (Å²) in [4.78, 5) is 12.2. The van der Waals surface area contributed by atoms with Crippen molar-refractivity contribution in [3.8, 4) is 0 Å². The summed E-state index contributed by atoms with van der Waals surface area (Å²) in [6.45, 7) is 6.05. The van der Waals surface area contributed by atoms with E-state index in [-0.39, 0.29) is 11.2 Å². The van der Waals surface area contributed by atoms with Gasteiger partial charge in [-0.15, -0.1) is 0 Å². The molecule has 1 N–H and O–H groups in total. The molecule has 2 rings (SSSR count). The summed E-state index contributed by atoms with van der Waals surface area (Å²) in [5.41, 5.74) is 2.00. The molecule has 0 aliphatic carbocycles. The summed E-state index contributed by atoms with van der Waals surface area (Å²) < 4.78 is 0.770. The lowest BCUT2D eigenvalue weighted by Crippen LogP contribution is -2.30. The van der Waals surface area contributed by atoms with Crippen molar-refractivity contribution >= 4 is 23.4 Å². The van der Waals surface area contributed by atoms with Gasteiger partial charge >= 0.3 is 0 Å². The van der Waals surface area contributed by atoms with Crippen LogP contribution >= 0.6 is 11.8 Å². The minimum absolute atomic E-state index is 0.119. The van der Waals surface area contributed by atoms with Gasteiger partial charge in [-0.05, 0) is 48.4 Å². The van der Waals surface area contributed by atoms with Crippen molar-refractivity contribution < 1.29 is 9.52 Å². The van der Waals surface area contributed by atoms with Gasteiger partial charge in [0.25, 0.3) is 5.03 Å². The Balaban J connectivity index is 1.98. The van der Waals surface area contributed by atoms with Crippen LogP contribution in [0.3, 0.4) is 0 Å². The number of amides is 1. The maximum absolute atomic E-state index is 12.2. The Morgan fingerprint density at radius 1 is 1.14 bits per heavy atom. The Labute approximate surface area is 135 Å². The molecular weight excluding hydrogens is 296 g/mol. The summed E-state index contributed by atoms with van der Waals surface area (Å²) in [5.74, 6) is 0.343. The third kappa shape index (κ3) is 4.24. The van der Waals surface area contributed by atoms with Gasteiger partial charge in [-0.3, -0.25) is 4.79 Å². The molecule has 0 saturated heterocycles. The molecule has 22 heavy (non-hydrogen) atoms. The Bertz CT molecular complexity index is 641. The maximum Gasteiger partial charge on any atom is 0.252 e. The molecule has 0 unspecified atom stereocenters. The Morgan fingerprint density at radius 3 is 2.41 bits per heavy atom. The monoisotopic (exact) mass is 316 g/mol. The molecule has 1 aromatic carbocycles. The van der Waals surface area contributed by atoms with E-state index in [1.165, 1.54) is 23.5 Å². The third-order valence-electron chi connectivity index (χ3n) is 3.30. The number of hydrogen-bond acceptors (Lipinski definition) is 3. The number of thioether (sulfide) groups is 1. The van der Waals surface area contributed by atoms with Gasteiger partial charge in [0, 0.05) is 17.8 Å². The summed E-state index contributed by atoms with van der Waals surface area (Å²) in [6, 6.07) is 13.0. The normalized spacial score (nSPS) is 12.2. The molecular formula is C17H20N2O2S. The second kappa shape index (κ2) is 7.31. The fourth-order valence-electron chi connectivity index (χ4n) is 1.93. The van der Waals surface area contributed by atoms with E-state index in [2.05, 4.69) is 19.2 Å². The van der Waals surface area contributed by atoms with E-state index >= 15 is 0 Å². The van der Waals surface area contributed by atoms with Crippen LogP contribution in [0.4, 0.5) is 5.69 Å². The van der Waals surface area contributed by atoms with Crippen LogP contribution < -0.4 is 10.0 Å². The number of carbonyl (C=O) groups excluding carboxylic acids is 1. The van der Waals surface area contributed by atoms with Gasteiger partial charge in [0.05, 0.1) is 5.25 Å². The fourth-order valence-corrected chi connectivity index (χ4v) is 2.78. The van der Waals surface area contributed by atoms with Crippen LogP contribution in [0.25, 0.3) is 0 Å². The van der Waals surface area contributed by atoms with Crippen molar-refractivity contribution in [2.45, 2.75) is 37.0 Å². The van der Waals surface area contributed by atoms with Gasteiger partial charge < -0.3 is 10.5 Å². The highest BCUT2D eigenvalue weighted by Crippen LogP contribution is 2.22. The highest BCUT2D eigenvalue weighted by molar-refractivity contribution is 8.00. The number of aromatic nitrogens is 1. The zero-order valence-electron chi connectivity index (χ0n) is 12.9. The first-order valence-electron chi connectivity index (χ1n) is 7.23. The van der Waals surface area contributed by atoms with E-state index in [1.807, 2.05) is 24.3 Å². The van der Waals surface area contributed by atoms with Crippen LogP contribution in [0.5, 0.6) is 0 Å². The topological polar surface area (TPSA) is 56.0 Å².